The van der Waals surface area contributed by atoms with Gasteiger partial charge in [0.15, 0.2) is 0 Å². The van der Waals surface area contributed by atoms with Gasteiger partial charge in [-0.15, -0.1) is 0 Å². The van der Waals surface area contributed by atoms with E-state index >= 15 is 0 Å². The van der Waals surface area contributed by atoms with Crippen molar-refractivity contribution in [1.29, 1.82) is 0 Å². The molecule has 0 N–H and O–H groups in total. The molecule has 0 radical (unpaired) electrons. The zero-order chi connectivity index (χ0) is 10.3. The van der Waals surface area contributed by atoms with Crippen molar-refractivity contribution in [3.63, 3.8) is 0 Å². The third-order valence-corrected chi connectivity index (χ3v) is 2.45. The molecular formula is C11H23NO. The van der Waals surface area contributed by atoms with Crippen molar-refractivity contribution in [2.75, 3.05) is 13.7 Å². The highest BCUT2D eigenvalue weighted by atomic mass is 16.5. The third kappa shape index (κ3) is 3.90. The lowest BCUT2D eigenvalue weighted by Crippen LogP contribution is -2.37. The summed E-state index contributed by atoms with van der Waals surface area (Å²) in [6.45, 7) is 9.31. The van der Waals surface area contributed by atoms with Crippen molar-refractivity contribution < 1.29 is 4.74 Å². The maximum Gasteiger partial charge on any atom is 0.103 e. The lowest BCUT2D eigenvalue weighted by molar-refractivity contribution is 0.0143. The van der Waals surface area contributed by atoms with E-state index in [2.05, 4.69) is 25.8 Å². The van der Waals surface area contributed by atoms with Crippen LogP contribution in [-0.2, 0) is 4.74 Å². The molecule has 0 amide bonds. The van der Waals surface area contributed by atoms with E-state index in [0.717, 1.165) is 31.6 Å². The summed E-state index contributed by atoms with van der Waals surface area (Å²) in [6.07, 6.45) is 3.25. The van der Waals surface area contributed by atoms with Gasteiger partial charge in [-0.25, -0.2) is 0 Å². The van der Waals surface area contributed by atoms with Crippen molar-refractivity contribution in [2.45, 2.75) is 52.6 Å². The topological polar surface area (TPSA) is 21.6 Å². The van der Waals surface area contributed by atoms with Crippen LogP contribution in [0.25, 0.3) is 0 Å². The van der Waals surface area contributed by atoms with Crippen LogP contribution >= 0.6 is 0 Å². The largest absolute Gasteiger partial charge is 0.369 e. The summed E-state index contributed by atoms with van der Waals surface area (Å²) in [4.78, 5) is 4.22. The molecule has 2 heteroatoms. The highest BCUT2D eigenvalue weighted by Gasteiger charge is 2.26. The molecule has 0 aliphatic carbocycles. The number of nitrogens with zero attached hydrogens (tertiary/aromatic N) is 1. The van der Waals surface area contributed by atoms with Crippen LogP contribution in [0.15, 0.2) is 4.99 Å². The van der Waals surface area contributed by atoms with E-state index in [1.54, 1.807) is 0 Å². The molecule has 0 bridgehead atoms. The van der Waals surface area contributed by atoms with E-state index in [0.29, 0.717) is 0 Å². The van der Waals surface area contributed by atoms with E-state index in [1.807, 2.05) is 14.0 Å². The Hall–Kier alpha value is -0.370. The number of rotatable bonds is 6. The quantitative estimate of drug-likeness (QED) is 0.583. The molecule has 0 rings (SSSR count). The molecule has 1 atom stereocenters. The minimum atomic E-state index is -0.139. The second kappa shape index (κ2) is 6.14. The minimum absolute atomic E-state index is 0.139. The van der Waals surface area contributed by atoms with Crippen LogP contribution in [0.2, 0.25) is 0 Å². The first-order valence-corrected chi connectivity index (χ1v) is 5.18. The third-order valence-electron chi connectivity index (χ3n) is 2.45. The zero-order valence-electron chi connectivity index (χ0n) is 9.68. The zero-order valence-corrected chi connectivity index (χ0v) is 9.68. The SMILES string of the molecule is CCCOC(C)(CCC)C(C)=NC. The van der Waals surface area contributed by atoms with E-state index in [-0.39, 0.29) is 5.60 Å². The normalized spacial score (nSPS) is 17.2. The molecule has 0 saturated carbocycles. The van der Waals surface area contributed by atoms with Crippen LogP contribution < -0.4 is 0 Å². The fourth-order valence-corrected chi connectivity index (χ4v) is 1.40. The number of aliphatic imine (C=N–C) groups is 1. The van der Waals surface area contributed by atoms with Crippen LogP contribution in [-0.4, -0.2) is 25.0 Å². The van der Waals surface area contributed by atoms with E-state index in [4.69, 9.17) is 4.74 Å². The van der Waals surface area contributed by atoms with Crippen LogP contribution in [0.4, 0.5) is 0 Å². The standard InChI is InChI=1S/C11H23NO/c1-6-8-11(4,10(3)12-5)13-9-7-2/h6-9H2,1-5H3. The summed E-state index contributed by atoms with van der Waals surface area (Å²) in [6, 6.07) is 0. The van der Waals surface area contributed by atoms with E-state index in [1.165, 1.54) is 0 Å². The molecule has 0 aromatic heterocycles. The van der Waals surface area contributed by atoms with Crippen LogP contribution in [0.1, 0.15) is 47.0 Å². The van der Waals surface area contributed by atoms with Crippen molar-refractivity contribution in [1.82, 2.24) is 0 Å². The number of hydrogen-bond acceptors (Lipinski definition) is 2. The molecule has 0 spiro atoms. The predicted molar refractivity (Wildman–Crippen MR) is 58.6 cm³/mol. The van der Waals surface area contributed by atoms with E-state index < -0.39 is 0 Å². The second-order valence-electron chi connectivity index (χ2n) is 3.64. The van der Waals surface area contributed by atoms with E-state index in [9.17, 15) is 0 Å². The highest BCUT2D eigenvalue weighted by Crippen LogP contribution is 2.20. The molecule has 0 fully saturated rings. The molecule has 78 valence electrons. The Kier molecular flexibility index (Phi) is 5.97. The van der Waals surface area contributed by atoms with Gasteiger partial charge >= 0.3 is 0 Å². The summed E-state index contributed by atoms with van der Waals surface area (Å²) in [5.41, 5.74) is 0.960. The Bertz CT molecular complexity index is 165. The smallest absolute Gasteiger partial charge is 0.103 e. The second-order valence-corrected chi connectivity index (χ2v) is 3.64. The molecule has 2 nitrogen and oxygen atoms in total. The molecule has 1 unspecified atom stereocenters. The Labute approximate surface area is 82.4 Å². The Morgan fingerprint density at radius 1 is 1.31 bits per heavy atom. The fraction of sp³-hybridized carbons (Fsp3) is 0.909. The summed E-state index contributed by atoms with van der Waals surface area (Å²) >= 11 is 0. The Morgan fingerprint density at radius 3 is 2.31 bits per heavy atom. The first-order valence-electron chi connectivity index (χ1n) is 5.18. The van der Waals surface area contributed by atoms with Crippen molar-refractivity contribution in [3.05, 3.63) is 0 Å². The molecular weight excluding hydrogens is 162 g/mol. The molecule has 0 aromatic carbocycles. The summed E-state index contributed by atoms with van der Waals surface area (Å²) in [7, 11) is 1.83. The molecule has 0 saturated heterocycles. The van der Waals surface area contributed by atoms with Gasteiger partial charge in [0.05, 0.1) is 0 Å². The average Bonchev–Trinajstić information content (AvgIpc) is 2.14. The summed E-state index contributed by atoms with van der Waals surface area (Å²) < 4.78 is 5.84. The van der Waals surface area contributed by atoms with Gasteiger partial charge in [-0.3, -0.25) is 4.99 Å². The van der Waals surface area contributed by atoms with Crippen LogP contribution in [0.3, 0.4) is 0 Å². The highest BCUT2D eigenvalue weighted by molar-refractivity contribution is 5.89. The first-order chi connectivity index (χ1) is 6.10. The van der Waals surface area contributed by atoms with Gasteiger partial charge in [0.2, 0.25) is 0 Å². The Morgan fingerprint density at radius 2 is 1.92 bits per heavy atom. The maximum absolute atomic E-state index is 5.84. The van der Waals surface area contributed by atoms with Gasteiger partial charge < -0.3 is 4.74 Å². The Balaban J connectivity index is 4.33. The maximum atomic E-state index is 5.84. The van der Waals surface area contributed by atoms with Crippen LogP contribution in [0, 0.1) is 0 Å². The number of hydrogen-bond donors (Lipinski definition) is 0. The van der Waals surface area contributed by atoms with Crippen molar-refractivity contribution >= 4 is 5.71 Å². The van der Waals surface area contributed by atoms with Gasteiger partial charge in [-0.2, -0.15) is 0 Å². The van der Waals surface area contributed by atoms with Gasteiger partial charge in [-0.1, -0.05) is 20.3 Å². The lowest BCUT2D eigenvalue weighted by Gasteiger charge is -2.29. The molecule has 13 heavy (non-hydrogen) atoms. The fourth-order valence-electron chi connectivity index (χ4n) is 1.40. The summed E-state index contributed by atoms with van der Waals surface area (Å²) in [5.74, 6) is 0. The van der Waals surface area contributed by atoms with Crippen molar-refractivity contribution in [2.24, 2.45) is 4.99 Å². The molecule has 0 aromatic rings. The van der Waals surface area contributed by atoms with Gasteiger partial charge in [0.25, 0.3) is 0 Å². The minimum Gasteiger partial charge on any atom is -0.369 e. The monoisotopic (exact) mass is 185 g/mol. The van der Waals surface area contributed by atoms with Crippen LogP contribution in [0.5, 0.6) is 0 Å². The predicted octanol–water partition coefficient (Wildman–Crippen LogP) is 3.06. The van der Waals surface area contributed by atoms with Crippen molar-refractivity contribution in [3.8, 4) is 0 Å². The lowest BCUT2D eigenvalue weighted by atomic mass is 9.95. The molecule has 0 aliphatic rings. The molecule has 0 heterocycles. The van der Waals surface area contributed by atoms with Gasteiger partial charge in [0, 0.05) is 19.4 Å². The average molecular weight is 185 g/mol. The summed E-state index contributed by atoms with van der Waals surface area (Å²) in [5, 5.41) is 0. The number of ether oxygens (including phenoxy) is 1. The van der Waals surface area contributed by atoms with Gasteiger partial charge in [0.1, 0.15) is 5.60 Å². The molecule has 0 aliphatic heterocycles. The first kappa shape index (κ1) is 12.6. The van der Waals surface area contributed by atoms with Gasteiger partial charge in [-0.05, 0) is 26.7 Å².